The van der Waals surface area contributed by atoms with Gasteiger partial charge in [-0.2, -0.15) is 0 Å². The maximum atomic E-state index is 5.93. The van der Waals surface area contributed by atoms with Gasteiger partial charge in [-0.1, -0.05) is 38.1 Å². The number of ether oxygens (including phenoxy) is 1. The molecule has 1 heterocycles. The van der Waals surface area contributed by atoms with Crippen LogP contribution < -0.4 is 10.1 Å². The molecule has 0 aliphatic carbocycles. The van der Waals surface area contributed by atoms with Gasteiger partial charge in [0.2, 0.25) is 0 Å². The van der Waals surface area contributed by atoms with Gasteiger partial charge in [-0.15, -0.1) is 17.9 Å². The van der Waals surface area contributed by atoms with Crippen molar-refractivity contribution in [3.05, 3.63) is 58.6 Å². The summed E-state index contributed by atoms with van der Waals surface area (Å²) in [5.41, 5.74) is 2.29. The standard InChI is InChI=1S/C17H22N2OS/c1-4-9-18-10-14-12-21-17(19-14)11-20-16-8-6-5-7-15(16)13(2)3/h4-8,12-13,18H,1,9-11H2,2-3H3. The van der Waals surface area contributed by atoms with Crippen molar-refractivity contribution in [1.82, 2.24) is 10.3 Å². The summed E-state index contributed by atoms with van der Waals surface area (Å²) in [5, 5.41) is 6.32. The zero-order valence-corrected chi connectivity index (χ0v) is 13.5. The van der Waals surface area contributed by atoms with Crippen molar-refractivity contribution < 1.29 is 4.74 Å². The van der Waals surface area contributed by atoms with Crippen molar-refractivity contribution in [3.8, 4) is 5.75 Å². The Kier molecular flexibility index (Phi) is 5.96. The number of aromatic nitrogens is 1. The number of para-hydroxylation sites is 1. The number of thiazole rings is 1. The molecule has 0 amide bonds. The molecular formula is C17H22N2OS. The van der Waals surface area contributed by atoms with Crippen LogP contribution in [-0.2, 0) is 13.2 Å². The molecule has 0 aliphatic heterocycles. The Morgan fingerprint density at radius 1 is 1.38 bits per heavy atom. The maximum absolute atomic E-state index is 5.93. The Morgan fingerprint density at radius 3 is 2.95 bits per heavy atom. The normalized spacial score (nSPS) is 10.8. The van der Waals surface area contributed by atoms with E-state index in [2.05, 4.69) is 48.2 Å². The number of nitrogens with one attached hydrogen (secondary N) is 1. The molecule has 4 heteroatoms. The first-order valence-electron chi connectivity index (χ1n) is 7.17. The SMILES string of the molecule is C=CCNCc1csc(COc2ccccc2C(C)C)n1. The fourth-order valence-corrected chi connectivity index (χ4v) is 2.73. The van der Waals surface area contributed by atoms with E-state index < -0.39 is 0 Å². The van der Waals surface area contributed by atoms with Crippen LogP contribution >= 0.6 is 11.3 Å². The van der Waals surface area contributed by atoms with Gasteiger partial charge < -0.3 is 10.1 Å². The van der Waals surface area contributed by atoms with Crippen LogP contribution in [0.5, 0.6) is 5.75 Å². The molecular weight excluding hydrogens is 280 g/mol. The lowest BCUT2D eigenvalue weighted by atomic mass is 10.0. The number of rotatable bonds is 8. The predicted molar refractivity (Wildman–Crippen MR) is 88.9 cm³/mol. The average molecular weight is 302 g/mol. The Bertz CT molecular complexity index is 578. The highest BCUT2D eigenvalue weighted by Crippen LogP contribution is 2.26. The molecule has 0 atom stereocenters. The van der Waals surface area contributed by atoms with Crippen molar-refractivity contribution in [3.63, 3.8) is 0 Å². The molecule has 21 heavy (non-hydrogen) atoms. The third-order valence-corrected chi connectivity index (χ3v) is 3.96. The minimum Gasteiger partial charge on any atom is -0.486 e. The molecule has 1 N–H and O–H groups in total. The van der Waals surface area contributed by atoms with Gasteiger partial charge in [-0.3, -0.25) is 0 Å². The van der Waals surface area contributed by atoms with E-state index in [1.807, 2.05) is 18.2 Å². The summed E-state index contributed by atoms with van der Waals surface area (Å²) in [6.07, 6.45) is 1.85. The second-order valence-electron chi connectivity index (χ2n) is 5.13. The third-order valence-electron chi connectivity index (χ3n) is 3.09. The van der Waals surface area contributed by atoms with Gasteiger partial charge in [0.1, 0.15) is 17.4 Å². The second-order valence-corrected chi connectivity index (χ2v) is 6.08. The van der Waals surface area contributed by atoms with E-state index in [1.54, 1.807) is 11.3 Å². The van der Waals surface area contributed by atoms with Crippen LogP contribution in [0.25, 0.3) is 0 Å². The van der Waals surface area contributed by atoms with Crippen LogP contribution in [0.1, 0.15) is 36.0 Å². The molecule has 2 rings (SSSR count). The molecule has 112 valence electrons. The maximum Gasteiger partial charge on any atom is 0.140 e. The lowest BCUT2D eigenvalue weighted by Gasteiger charge is -2.12. The second kappa shape index (κ2) is 7.96. The van der Waals surface area contributed by atoms with Gasteiger partial charge in [0.15, 0.2) is 0 Å². The molecule has 0 radical (unpaired) electrons. The van der Waals surface area contributed by atoms with Crippen LogP contribution in [0.3, 0.4) is 0 Å². The van der Waals surface area contributed by atoms with E-state index in [4.69, 9.17) is 4.74 Å². The summed E-state index contributed by atoms with van der Waals surface area (Å²) in [5.74, 6) is 1.41. The Balaban J connectivity index is 1.93. The van der Waals surface area contributed by atoms with Crippen molar-refractivity contribution >= 4 is 11.3 Å². The molecule has 0 spiro atoms. The summed E-state index contributed by atoms with van der Waals surface area (Å²) < 4.78 is 5.93. The molecule has 1 aromatic heterocycles. The van der Waals surface area contributed by atoms with Gasteiger partial charge in [-0.05, 0) is 17.5 Å². The van der Waals surface area contributed by atoms with Crippen molar-refractivity contribution in [2.24, 2.45) is 0 Å². The van der Waals surface area contributed by atoms with E-state index in [-0.39, 0.29) is 0 Å². The lowest BCUT2D eigenvalue weighted by molar-refractivity contribution is 0.301. The Hall–Kier alpha value is -1.65. The van der Waals surface area contributed by atoms with Gasteiger partial charge in [0.25, 0.3) is 0 Å². The van der Waals surface area contributed by atoms with E-state index in [0.717, 1.165) is 29.5 Å². The molecule has 0 unspecified atom stereocenters. The molecule has 3 nitrogen and oxygen atoms in total. The Morgan fingerprint density at radius 2 is 2.19 bits per heavy atom. The highest BCUT2D eigenvalue weighted by molar-refractivity contribution is 7.09. The van der Waals surface area contributed by atoms with Crippen LogP contribution in [0.4, 0.5) is 0 Å². The van der Waals surface area contributed by atoms with Crippen molar-refractivity contribution in [2.45, 2.75) is 32.9 Å². The smallest absolute Gasteiger partial charge is 0.140 e. The summed E-state index contributed by atoms with van der Waals surface area (Å²) in [6, 6.07) is 8.20. The minimum absolute atomic E-state index is 0.455. The highest BCUT2D eigenvalue weighted by Gasteiger charge is 2.08. The first-order chi connectivity index (χ1) is 10.2. The topological polar surface area (TPSA) is 34.1 Å². The minimum atomic E-state index is 0.455. The average Bonchev–Trinajstić information content (AvgIpc) is 2.93. The fraction of sp³-hybridized carbons (Fsp3) is 0.353. The third kappa shape index (κ3) is 4.69. The van der Waals surface area contributed by atoms with Gasteiger partial charge in [-0.25, -0.2) is 4.98 Å². The van der Waals surface area contributed by atoms with Crippen molar-refractivity contribution in [2.75, 3.05) is 6.54 Å². The van der Waals surface area contributed by atoms with Crippen LogP contribution in [0.15, 0.2) is 42.3 Å². The number of hydrogen-bond acceptors (Lipinski definition) is 4. The molecule has 0 fully saturated rings. The first kappa shape index (κ1) is 15.7. The number of nitrogens with zero attached hydrogens (tertiary/aromatic N) is 1. The summed E-state index contributed by atoms with van der Waals surface area (Å²) in [7, 11) is 0. The summed E-state index contributed by atoms with van der Waals surface area (Å²) in [6.45, 7) is 10.1. The summed E-state index contributed by atoms with van der Waals surface area (Å²) in [4.78, 5) is 4.57. The van der Waals surface area contributed by atoms with E-state index in [1.165, 1.54) is 5.56 Å². The van der Waals surface area contributed by atoms with E-state index >= 15 is 0 Å². The van der Waals surface area contributed by atoms with E-state index in [0.29, 0.717) is 12.5 Å². The van der Waals surface area contributed by atoms with Crippen LogP contribution in [0.2, 0.25) is 0 Å². The molecule has 2 aromatic rings. The molecule has 0 aliphatic rings. The fourth-order valence-electron chi connectivity index (χ4n) is 2.03. The molecule has 0 bridgehead atoms. The number of benzene rings is 1. The van der Waals surface area contributed by atoms with Crippen LogP contribution in [0, 0.1) is 0 Å². The van der Waals surface area contributed by atoms with E-state index in [9.17, 15) is 0 Å². The van der Waals surface area contributed by atoms with Gasteiger partial charge in [0, 0.05) is 18.5 Å². The number of hydrogen-bond donors (Lipinski definition) is 1. The Labute approximate surface area is 130 Å². The predicted octanol–water partition coefficient (Wildman–Crippen LogP) is 4.12. The monoisotopic (exact) mass is 302 g/mol. The molecule has 0 saturated carbocycles. The molecule has 1 aromatic carbocycles. The highest BCUT2D eigenvalue weighted by atomic mass is 32.1. The van der Waals surface area contributed by atoms with Gasteiger partial charge >= 0.3 is 0 Å². The first-order valence-corrected chi connectivity index (χ1v) is 8.05. The largest absolute Gasteiger partial charge is 0.486 e. The quantitative estimate of drug-likeness (QED) is 0.588. The van der Waals surface area contributed by atoms with Crippen molar-refractivity contribution in [1.29, 1.82) is 0 Å². The zero-order chi connectivity index (χ0) is 15.1. The zero-order valence-electron chi connectivity index (χ0n) is 12.6. The molecule has 0 saturated heterocycles. The van der Waals surface area contributed by atoms with Crippen LogP contribution in [-0.4, -0.2) is 11.5 Å². The lowest BCUT2D eigenvalue weighted by Crippen LogP contribution is -2.12. The van der Waals surface area contributed by atoms with Gasteiger partial charge in [0.05, 0.1) is 5.69 Å². The summed E-state index contributed by atoms with van der Waals surface area (Å²) >= 11 is 1.64.